The van der Waals surface area contributed by atoms with Crippen LogP contribution in [0.2, 0.25) is 0 Å². The number of thiazole rings is 1. The average Bonchev–Trinajstić information content (AvgIpc) is 2.92. The summed E-state index contributed by atoms with van der Waals surface area (Å²) in [6.07, 6.45) is 3.28. The summed E-state index contributed by atoms with van der Waals surface area (Å²) >= 11 is 1.67. The summed E-state index contributed by atoms with van der Waals surface area (Å²) in [4.78, 5) is 12.3. The number of aromatic nitrogens is 2. The Morgan fingerprint density at radius 2 is 2.19 bits per heavy atom. The molecule has 112 valence electrons. The molecule has 0 radical (unpaired) electrons. The Balaban J connectivity index is 1.72. The number of nitrogens with one attached hydrogen (secondary N) is 1. The van der Waals surface area contributed by atoms with Crippen LogP contribution in [0.4, 0.5) is 11.5 Å². The molecule has 1 aliphatic heterocycles. The number of hydrogen-bond acceptors (Lipinski definition) is 6. The molecule has 3 rings (SSSR count). The number of aliphatic hydroxyl groups excluding tert-OH is 1. The second-order valence-electron chi connectivity index (χ2n) is 5.31. The van der Waals surface area contributed by atoms with Gasteiger partial charge in [0.25, 0.3) is 0 Å². The van der Waals surface area contributed by atoms with Gasteiger partial charge in [-0.25, -0.2) is 9.97 Å². The number of pyridine rings is 1. The van der Waals surface area contributed by atoms with E-state index < -0.39 is 0 Å². The van der Waals surface area contributed by atoms with Gasteiger partial charge in [0.05, 0.1) is 29.5 Å². The van der Waals surface area contributed by atoms with E-state index in [1.54, 1.807) is 11.3 Å². The molecule has 21 heavy (non-hydrogen) atoms. The second kappa shape index (κ2) is 6.41. The van der Waals surface area contributed by atoms with E-state index in [0.29, 0.717) is 0 Å². The smallest absolute Gasteiger partial charge is 0.151 e. The van der Waals surface area contributed by atoms with Crippen LogP contribution in [0.25, 0.3) is 0 Å². The molecule has 1 saturated heterocycles. The van der Waals surface area contributed by atoms with Crippen molar-refractivity contribution in [1.82, 2.24) is 9.97 Å². The predicted octanol–water partition coefficient (Wildman–Crippen LogP) is 2.42. The molecule has 2 N–H and O–H groups in total. The highest BCUT2D eigenvalue weighted by atomic mass is 32.1. The van der Waals surface area contributed by atoms with Crippen molar-refractivity contribution >= 4 is 22.8 Å². The standard InChI is InChI=1S/C15H20N4OS/c1-11-14(21-10-18-11)9-17-13-3-2-6-16-15(13)19-7-4-12(20)5-8-19/h2-3,6,10,12,17,20H,4-5,7-9H2,1H3. The Bertz CT molecular complexity index is 593. The lowest BCUT2D eigenvalue weighted by molar-refractivity contribution is 0.145. The van der Waals surface area contributed by atoms with Gasteiger partial charge in [-0.1, -0.05) is 0 Å². The average molecular weight is 304 g/mol. The minimum Gasteiger partial charge on any atom is -0.393 e. The minimum absolute atomic E-state index is 0.166. The fraction of sp³-hybridized carbons (Fsp3) is 0.467. The largest absolute Gasteiger partial charge is 0.393 e. The number of hydrogen-bond donors (Lipinski definition) is 2. The summed E-state index contributed by atoms with van der Waals surface area (Å²) in [5, 5.41) is 13.1. The van der Waals surface area contributed by atoms with E-state index in [4.69, 9.17) is 0 Å². The van der Waals surface area contributed by atoms with Crippen molar-refractivity contribution in [1.29, 1.82) is 0 Å². The van der Waals surface area contributed by atoms with Gasteiger partial charge >= 0.3 is 0 Å². The first-order chi connectivity index (χ1) is 10.2. The van der Waals surface area contributed by atoms with Crippen molar-refractivity contribution in [3.05, 3.63) is 34.4 Å². The third-order valence-electron chi connectivity index (χ3n) is 3.83. The topological polar surface area (TPSA) is 61.3 Å². The van der Waals surface area contributed by atoms with E-state index in [-0.39, 0.29) is 6.10 Å². The Hall–Kier alpha value is -1.66. The van der Waals surface area contributed by atoms with Crippen molar-refractivity contribution in [3.63, 3.8) is 0 Å². The molecular weight excluding hydrogens is 284 g/mol. The molecule has 0 bridgehead atoms. The summed E-state index contributed by atoms with van der Waals surface area (Å²) in [6.45, 7) is 4.51. The van der Waals surface area contributed by atoms with E-state index >= 15 is 0 Å². The van der Waals surface area contributed by atoms with Crippen molar-refractivity contribution in [3.8, 4) is 0 Å². The van der Waals surface area contributed by atoms with Crippen LogP contribution in [0.5, 0.6) is 0 Å². The van der Waals surface area contributed by atoms with Crippen LogP contribution in [0.15, 0.2) is 23.8 Å². The summed E-state index contributed by atoms with van der Waals surface area (Å²) < 4.78 is 0. The lowest BCUT2D eigenvalue weighted by atomic mass is 10.1. The molecule has 0 aliphatic carbocycles. The zero-order valence-electron chi connectivity index (χ0n) is 12.1. The summed E-state index contributed by atoms with van der Waals surface area (Å²) in [7, 11) is 0. The van der Waals surface area contributed by atoms with Crippen LogP contribution in [-0.4, -0.2) is 34.3 Å². The molecule has 0 saturated carbocycles. The van der Waals surface area contributed by atoms with Crippen LogP contribution in [0, 0.1) is 6.92 Å². The van der Waals surface area contributed by atoms with Crippen molar-refractivity contribution in [2.75, 3.05) is 23.3 Å². The molecule has 0 atom stereocenters. The van der Waals surface area contributed by atoms with Crippen LogP contribution >= 0.6 is 11.3 Å². The molecule has 5 nitrogen and oxygen atoms in total. The zero-order chi connectivity index (χ0) is 14.7. The quantitative estimate of drug-likeness (QED) is 0.908. The minimum atomic E-state index is -0.166. The normalized spacial score (nSPS) is 16.2. The number of nitrogens with zero attached hydrogens (tertiary/aromatic N) is 3. The van der Waals surface area contributed by atoms with Crippen molar-refractivity contribution < 1.29 is 5.11 Å². The highest BCUT2D eigenvalue weighted by molar-refractivity contribution is 7.09. The van der Waals surface area contributed by atoms with Gasteiger partial charge in [-0.2, -0.15) is 0 Å². The van der Waals surface area contributed by atoms with E-state index in [2.05, 4.69) is 26.3 Å². The fourth-order valence-corrected chi connectivity index (χ4v) is 3.25. The molecule has 2 aromatic heterocycles. The Morgan fingerprint density at radius 3 is 2.90 bits per heavy atom. The molecule has 2 aromatic rings. The molecule has 0 unspecified atom stereocenters. The molecular formula is C15H20N4OS. The van der Waals surface area contributed by atoms with Crippen LogP contribution in [0.3, 0.4) is 0 Å². The maximum atomic E-state index is 9.63. The van der Waals surface area contributed by atoms with Gasteiger partial charge in [0.1, 0.15) is 0 Å². The second-order valence-corrected chi connectivity index (χ2v) is 6.25. The highest BCUT2D eigenvalue weighted by Crippen LogP contribution is 2.26. The molecule has 0 amide bonds. The zero-order valence-corrected chi connectivity index (χ0v) is 12.9. The third kappa shape index (κ3) is 3.33. The lowest BCUT2D eigenvalue weighted by Crippen LogP contribution is -2.36. The number of anilines is 2. The number of aryl methyl sites for hydroxylation is 1. The van der Waals surface area contributed by atoms with Crippen LogP contribution in [0.1, 0.15) is 23.4 Å². The fourth-order valence-electron chi connectivity index (χ4n) is 2.54. The van der Waals surface area contributed by atoms with Crippen molar-refractivity contribution in [2.45, 2.75) is 32.4 Å². The molecule has 1 aliphatic rings. The maximum absolute atomic E-state index is 9.63. The Morgan fingerprint density at radius 1 is 1.38 bits per heavy atom. The summed E-state index contributed by atoms with van der Waals surface area (Å²) in [5.41, 5.74) is 4.00. The molecule has 1 fully saturated rings. The molecule has 0 spiro atoms. The van der Waals surface area contributed by atoms with Gasteiger partial charge < -0.3 is 15.3 Å². The molecule has 0 aromatic carbocycles. The number of piperidine rings is 1. The van der Waals surface area contributed by atoms with E-state index in [0.717, 1.165) is 49.7 Å². The molecule has 3 heterocycles. The highest BCUT2D eigenvalue weighted by Gasteiger charge is 2.20. The van der Waals surface area contributed by atoms with E-state index in [9.17, 15) is 5.11 Å². The van der Waals surface area contributed by atoms with E-state index in [1.165, 1.54) is 4.88 Å². The van der Waals surface area contributed by atoms with Crippen LogP contribution < -0.4 is 10.2 Å². The number of rotatable bonds is 4. The van der Waals surface area contributed by atoms with Gasteiger partial charge in [-0.05, 0) is 31.9 Å². The first-order valence-corrected chi connectivity index (χ1v) is 8.13. The summed E-state index contributed by atoms with van der Waals surface area (Å²) in [6, 6.07) is 4.01. The van der Waals surface area contributed by atoms with Crippen LogP contribution in [-0.2, 0) is 6.54 Å². The first-order valence-electron chi connectivity index (χ1n) is 7.25. The van der Waals surface area contributed by atoms with E-state index in [1.807, 2.05) is 24.7 Å². The monoisotopic (exact) mass is 304 g/mol. The van der Waals surface area contributed by atoms with Crippen molar-refractivity contribution in [2.24, 2.45) is 0 Å². The van der Waals surface area contributed by atoms with Gasteiger partial charge in [0, 0.05) is 24.2 Å². The predicted molar refractivity (Wildman–Crippen MR) is 85.9 cm³/mol. The van der Waals surface area contributed by atoms with Gasteiger partial charge in [0.2, 0.25) is 0 Å². The summed E-state index contributed by atoms with van der Waals surface area (Å²) in [5.74, 6) is 0.978. The Labute approximate surface area is 128 Å². The lowest BCUT2D eigenvalue weighted by Gasteiger charge is -2.31. The SMILES string of the molecule is Cc1ncsc1CNc1cccnc1N1CCC(O)CC1. The van der Waals surface area contributed by atoms with Gasteiger partial charge in [-0.15, -0.1) is 11.3 Å². The maximum Gasteiger partial charge on any atom is 0.151 e. The van der Waals surface area contributed by atoms with Gasteiger partial charge in [-0.3, -0.25) is 0 Å². The van der Waals surface area contributed by atoms with Gasteiger partial charge in [0.15, 0.2) is 5.82 Å². The third-order valence-corrected chi connectivity index (χ3v) is 4.77. The number of aliphatic hydroxyl groups is 1. The molecule has 6 heteroatoms. The Kier molecular flexibility index (Phi) is 4.36. The first kappa shape index (κ1) is 14.3.